The van der Waals surface area contributed by atoms with Gasteiger partial charge in [-0.3, -0.25) is 4.79 Å². The van der Waals surface area contributed by atoms with E-state index in [4.69, 9.17) is 4.74 Å². The molecule has 0 aliphatic carbocycles. The van der Waals surface area contributed by atoms with E-state index in [0.717, 1.165) is 24.1 Å². The van der Waals surface area contributed by atoms with Crippen LogP contribution in [0.2, 0.25) is 0 Å². The van der Waals surface area contributed by atoms with Gasteiger partial charge in [-0.1, -0.05) is 12.1 Å². The third kappa shape index (κ3) is 4.36. The van der Waals surface area contributed by atoms with Gasteiger partial charge in [0.2, 0.25) is 10.0 Å². The van der Waals surface area contributed by atoms with Crippen LogP contribution in [0.15, 0.2) is 41.3 Å². The summed E-state index contributed by atoms with van der Waals surface area (Å²) in [6, 6.07) is 8.99. The van der Waals surface area contributed by atoms with Crippen LogP contribution in [0.4, 0.5) is 5.69 Å². The molecular weight excluding hydrogens is 388 g/mol. The van der Waals surface area contributed by atoms with E-state index in [2.05, 4.69) is 23.8 Å². The van der Waals surface area contributed by atoms with Gasteiger partial charge in [0.15, 0.2) is 0 Å². The molecule has 0 atom stereocenters. The number of hydrogen-bond donors (Lipinski definition) is 1. The molecule has 2 aromatic carbocycles. The van der Waals surface area contributed by atoms with Gasteiger partial charge in [0, 0.05) is 18.3 Å². The second kappa shape index (κ2) is 8.39. The Morgan fingerprint density at radius 2 is 1.97 bits per heavy atom. The highest BCUT2D eigenvalue weighted by Crippen LogP contribution is 2.31. The molecule has 0 saturated heterocycles. The summed E-state index contributed by atoms with van der Waals surface area (Å²) >= 11 is 0. The van der Waals surface area contributed by atoms with E-state index in [-0.39, 0.29) is 16.6 Å². The van der Waals surface area contributed by atoms with Gasteiger partial charge in [-0.15, -0.1) is 0 Å². The van der Waals surface area contributed by atoms with Crippen LogP contribution >= 0.6 is 0 Å². The van der Waals surface area contributed by atoms with E-state index in [0.29, 0.717) is 12.1 Å². The van der Waals surface area contributed by atoms with Crippen molar-refractivity contribution in [3.63, 3.8) is 0 Å². The van der Waals surface area contributed by atoms with Crippen LogP contribution in [0.5, 0.6) is 5.75 Å². The molecule has 0 saturated carbocycles. The van der Waals surface area contributed by atoms with Crippen molar-refractivity contribution in [3.8, 4) is 5.75 Å². The van der Waals surface area contributed by atoms with Crippen molar-refractivity contribution in [3.05, 3.63) is 58.7 Å². The number of ether oxygens (including phenoxy) is 1. The molecule has 1 N–H and O–H groups in total. The minimum absolute atomic E-state index is 0.0340. The van der Waals surface area contributed by atoms with Crippen LogP contribution in [0.3, 0.4) is 0 Å². The summed E-state index contributed by atoms with van der Waals surface area (Å²) < 4.78 is 31.9. The number of sulfonamides is 1. The zero-order valence-electron chi connectivity index (χ0n) is 17.2. The van der Waals surface area contributed by atoms with Crippen molar-refractivity contribution in [2.75, 3.05) is 25.6 Å². The summed E-state index contributed by atoms with van der Waals surface area (Å²) in [4.78, 5) is 14.7. The van der Waals surface area contributed by atoms with Gasteiger partial charge in [0.1, 0.15) is 10.6 Å². The van der Waals surface area contributed by atoms with Crippen LogP contribution in [-0.2, 0) is 21.2 Å². The minimum atomic E-state index is -3.68. The van der Waals surface area contributed by atoms with E-state index in [9.17, 15) is 13.2 Å². The molecule has 3 rings (SSSR count). The van der Waals surface area contributed by atoms with Crippen molar-refractivity contribution in [1.29, 1.82) is 0 Å². The number of nitrogens with one attached hydrogen (secondary N) is 1. The molecule has 1 amide bonds. The van der Waals surface area contributed by atoms with E-state index in [1.807, 2.05) is 6.92 Å². The fourth-order valence-electron chi connectivity index (χ4n) is 3.68. The molecule has 0 aromatic heterocycles. The van der Waals surface area contributed by atoms with Gasteiger partial charge in [0.25, 0.3) is 5.91 Å². The summed E-state index contributed by atoms with van der Waals surface area (Å²) in [6.45, 7) is 4.78. The first-order valence-electron chi connectivity index (χ1n) is 9.48. The topological polar surface area (TPSA) is 75.7 Å². The number of carbonyl (C=O) groups is 1. The van der Waals surface area contributed by atoms with Crippen LogP contribution < -0.4 is 14.4 Å². The van der Waals surface area contributed by atoms with Gasteiger partial charge in [0.05, 0.1) is 7.11 Å². The molecule has 154 valence electrons. The first kappa shape index (κ1) is 21.1. The lowest BCUT2D eigenvalue weighted by Gasteiger charge is -2.30. The zero-order valence-corrected chi connectivity index (χ0v) is 18.0. The molecule has 1 aliphatic heterocycles. The summed E-state index contributed by atoms with van der Waals surface area (Å²) in [5.74, 6) is 0.128. The first-order valence-corrected chi connectivity index (χ1v) is 11.0. The smallest absolute Gasteiger partial charge is 0.250 e. The number of nitrogens with zero attached hydrogens (tertiary/aromatic N) is 1. The molecule has 2 aromatic rings. The molecule has 0 bridgehead atoms. The minimum Gasteiger partial charge on any atom is -0.495 e. The largest absolute Gasteiger partial charge is 0.495 e. The zero-order chi connectivity index (χ0) is 21.2. The van der Waals surface area contributed by atoms with Crippen LogP contribution in [0, 0.1) is 13.8 Å². The number of methoxy groups -OCH3 is 1. The predicted molar refractivity (Wildman–Crippen MR) is 115 cm³/mol. The lowest BCUT2D eigenvalue weighted by atomic mass is 9.95. The Hall–Kier alpha value is -2.64. The Morgan fingerprint density at radius 3 is 2.66 bits per heavy atom. The summed E-state index contributed by atoms with van der Waals surface area (Å²) in [7, 11) is -0.913. The number of fused-ring (bicyclic) bond motifs is 1. The van der Waals surface area contributed by atoms with Crippen molar-refractivity contribution < 1.29 is 17.9 Å². The number of rotatable bonds is 5. The maximum Gasteiger partial charge on any atom is 0.250 e. The average molecular weight is 415 g/mol. The maximum absolute atomic E-state index is 12.9. The van der Waals surface area contributed by atoms with Crippen molar-refractivity contribution in [1.82, 2.24) is 4.72 Å². The number of anilines is 1. The highest BCUT2D eigenvalue weighted by atomic mass is 32.2. The van der Waals surface area contributed by atoms with Crippen molar-refractivity contribution in [2.45, 2.75) is 31.6 Å². The average Bonchev–Trinajstić information content (AvgIpc) is 2.71. The molecule has 29 heavy (non-hydrogen) atoms. The predicted octanol–water partition coefficient (Wildman–Crippen LogP) is 3.21. The Bertz CT molecular complexity index is 1070. The standard InChI is InChI=1S/C22H26N2O4S/c1-15-12-16(2)18-6-5-11-24(19(18)13-15)22(25)10-8-17-7-9-20(28-4)21(14-17)29(26,27)23-3/h7-10,12-14,23H,5-6,11H2,1-4H3/b10-8+. The highest BCUT2D eigenvalue weighted by molar-refractivity contribution is 7.89. The Balaban J connectivity index is 1.91. The molecule has 0 unspecified atom stereocenters. The van der Waals surface area contributed by atoms with E-state index in [1.165, 1.54) is 37.4 Å². The molecule has 0 radical (unpaired) electrons. The number of aryl methyl sites for hydroxylation is 2. The maximum atomic E-state index is 12.9. The highest BCUT2D eigenvalue weighted by Gasteiger charge is 2.23. The number of hydrogen-bond acceptors (Lipinski definition) is 4. The number of carbonyl (C=O) groups excluding carboxylic acids is 1. The SMILES string of the molecule is CNS(=O)(=O)c1cc(/C=C/C(=O)N2CCCc3c(C)cc(C)cc32)ccc1OC. The van der Waals surface area contributed by atoms with E-state index < -0.39 is 10.0 Å². The monoisotopic (exact) mass is 414 g/mol. The van der Waals surface area contributed by atoms with Crippen LogP contribution in [0.25, 0.3) is 6.08 Å². The molecule has 0 fully saturated rings. The fourth-order valence-corrected chi connectivity index (χ4v) is 4.61. The fraction of sp³-hybridized carbons (Fsp3) is 0.318. The van der Waals surface area contributed by atoms with Crippen LogP contribution in [0.1, 0.15) is 28.7 Å². The Labute approximate surface area is 172 Å². The van der Waals surface area contributed by atoms with Gasteiger partial charge in [-0.05, 0) is 80.3 Å². The second-order valence-electron chi connectivity index (χ2n) is 7.12. The molecular formula is C22H26N2O4S. The Kier molecular flexibility index (Phi) is 6.10. The van der Waals surface area contributed by atoms with E-state index >= 15 is 0 Å². The second-order valence-corrected chi connectivity index (χ2v) is 8.98. The summed E-state index contributed by atoms with van der Waals surface area (Å²) in [6.07, 6.45) is 5.01. The number of amides is 1. The summed E-state index contributed by atoms with van der Waals surface area (Å²) in [5, 5.41) is 0. The molecule has 0 spiro atoms. The molecule has 1 heterocycles. The molecule has 6 nitrogen and oxygen atoms in total. The molecule has 1 aliphatic rings. The normalized spacial score (nSPS) is 14.1. The van der Waals surface area contributed by atoms with Gasteiger partial charge in [-0.25, -0.2) is 13.1 Å². The van der Waals surface area contributed by atoms with Crippen LogP contribution in [-0.4, -0.2) is 35.0 Å². The van der Waals surface area contributed by atoms with Gasteiger partial charge < -0.3 is 9.64 Å². The first-order chi connectivity index (χ1) is 13.8. The van der Waals surface area contributed by atoms with Gasteiger partial charge in [-0.2, -0.15) is 0 Å². The third-order valence-electron chi connectivity index (χ3n) is 5.12. The third-order valence-corrected chi connectivity index (χ3v) is 6.56. The molecule has 7 heteroatoms. The quantitative estimate of drug-likeness (QED) is 0.763. The number of benzene rings is 2. The summed E-state index contributed by atoms with van der Waals surface area (Å²) in [5.41, 5.74) is 5.12. The van der Waals surface area contributed by atoms with Crippen molar-refractivity contribution >= 4 is 27.7 Å². The lowest BCUT2D eigenvalue weighted by molar-refractivity contribution is -0.114. The van der Waals surface area contributed by atoms with Gasteiger partial charge >= 0.3 is 0 Å². The van der Waals surface area contributed by atoms with E-state index in [1.54, 1.807) is 23.1 Å². The van der Waals surface area contributed by atoms with Crippen molar-refractivity contribution in [2.24, 2.45) is 0 Å². The lowest BCUT2D eigenvalue weighted by Crippen LogP contribution is -2.34. The Morgan fingerprint density at radius 1 is 1.21 bits per heavy atom.